The molecule has 3 aromatic rings. The number of hydrazone groups is 1. The van der Waals surface area contributed by atoms with Crippen molar-refractivity contribution >= 4 is 46.2 Å². The summed E-state index contributed by atoms with van der Waals surface area (Å²) >= 11 is 5.98. The van der Waals surface area contributed by atoms with Gasteiger partial charge >= 0.3 is 12.1 Å². The molecule has 136 valence electrons. The van der Waals surface area contributed by atoms with Crippen LogP contribution in [-0.4, -0.2) is 29.1 Å². The smallest absolute Gasteiger partial charge is 0.327 e. The Labute approximate surface area is 157 Å². The van der Waals surface area contributed by atoms with Gasteiger partial charge in [0, 0.05) is 17.8 Å². The highest BCUT2D eigenvalue weighted by atomic mass is 35.5. The number of urea groups is 1. The van der Waals surface area contributed by atoms with Crippen LogP contribution in [0.25, 0.3) is 11.0 Å². The fourth-order valence-corrected chi connectivity index (χ4v) is 2.62. The molecule has 0 aliphatic carbocycles. The van der Waals surface area contributed by atoms with E-state index in [-0.39, 0.29) is 17.6 Å². The van der Waals surface area contributed by atoms with Gasteiger partial charge in [-0.2, -0.15) is 0 Å². The third kappa shape index (κ3) is 3.58. The third-order valence-electron chi connectivity index (χ3n) is 3.62. The highest BCUT2D eigenvalue weighted by molar-refractivity contribution is 6.31. The molecule has 0 saturated heterocycles. The number of aromatic nitrogens is 2. The second-order valence-electron chi connectivity index (χ2n) is 5.61. The molecule has 4 rings (SSSR count). The number of rotatable bonds is 1. The highest BCUT2D eigenvalue weighted by Crippen LogP contribution is 2.30. The van der Waals surface area contributed by atoms with Crippen molar-refractivity contribution in [1.29, 1.82) is 0 Å². The van der Waals surface area contributed by atoms with Gasteiger partial charge in [-0.15, -0.1) is 5.10 Å². The van der Waals surface area contributed by atoms with E-state index >= 15 is 0 Å². The van der Waals surface area contributed by atoms with Gasteiger partial charge in [0.25, 0.3) is 5.88 Å². The minimum absolute atomic E-state index is 0.102. The summed E-state index contributed by atoms with van der Waals surface area (Å²) in [4.78, 5) is 20.9. The van der Waals surface area contributed by atoms with E-state index in [9.17, 15) is 9.18 Å². The first-order valence-corrected chi connectivity index (χ1v) is 8.17. The van der Waals surface area contributed by atoms with Crippen molar-refractivity contribution in [2.24, 2.45) is 5.10 Å². The maximum absolute atomic E-state index is 13.2. The minimum Gasteiger partial charge on any atom is -0.401 e. The molecule has 8 nitrogen and oxygen atoms in total. The molecule has 0 fully saturated rings. The van der Waals surface area contributed by atoms with E-state index in [1.807, 2.05) is 0 Å². The van der Waals surface area contributed by atoms with E-state index in [4.69, 9.17) is 16.3 Å². The highest BCUT2D eigenvalue weighted by Gasteiger charge is 2.23. The van der Waals surface area contributed by atoms with Gasteiger partial charge < -0.3 is 10.1 Å². The van der Waals surface area contributed by atoms with E-state index in [1.165, 1.54) is 23.2 Å². The molecule has 2 heterocycles. The number of hydrogen-bond donors (Lipinski definition) is 2. The first-order chi connectivity index (χ1) is 13.0. The van der Waals surface area contributed by atoms with Crippen molar-refractivity contribution in [3.63, 3.8) is 0 Å². The zero-order valence-electron chi connectivity index (χ0n) is 13.9. The van der Waals surface area contributed by atoms with Crippen molar-refractivity contribution in [3.8, 4) is 5.88 Å². The SMILES string of the molecule is CN1N=C(NC(=O)Nc2cccc(F)c2)Oc2nc3cc(Cl)ccc3nc21. The zero-order chi connectivity index (χ0) is 19.0. The summed E-state index contributed by atoms with van der Waals surface area (Å²) in [6.45, 7) is 0. The van der Waals surface area contributed by atoms with Crippen LogP contribution in [0.15, 0.2) is 47.6 Å². The second kappa shape index (κ2) is 6.69. The average Bonchev–Trinajstić information content (AvgIpc) is 2.60. The quantitative estimate of drug-likeness (QED) is 0.669. The number of halogens is 2. The Morgan fingerprint density at radius 3 is 2.81 bits per heavy atom. The van der Waals surface area contributed by atoms with Crippen LogP contribution in [0, 0.1) is 5.82 Å². The molecule has 27 heavy (non-hydrogen) atoms. The molecule has 2 N–H and O–H groups in total. The second-order valence-corrected chi connectivity index (χ2v) is 6.04. The lowest BCUT2D eigenvalue weighted by atomic mass is 10.3. The fourth-order valence-electron chi connectivity index (χ4n) is 2.45. The van der Waals surface area contributed by atoms with Gasteiger partial charge in [0.15, 0.2) is 0 Å². The van der Waals surface area contributed by atoms with Crippen LogP contribution < -0.4 is 20.4 Å². The van der Waals surface area contributed by atoms with Crippen LogP contribution in [0.1, 0.15) is 0 Å². The van der Waals surface area contributed by atoms with Gasteiger partial charge in [0.2, 0.25) is 5.82 Å². The van der Waals surface area contributed by atoms with Gasteiger partial charge in [0.05, 0.1) is 11.0 Å². The standard InChI is InChI=1S/C17H12ClFN6O2/c1-25-14-15(22-13-7-9(18)5-6-12(13)21-14)27-17(24-25)23-16(26)20-11-4-2-3-10(19)8-11/h2-8H,1H3,(H2,20,23,24,26). The van der Waals surface area contributed by atoms with Crippen LogP contribution in [0.3, 0.4) is 0 Å². The molecule has 2 amide bonds. The summed E-state index contributed by atoms with van der Waals surface area (Å²) in [7, 11) is 1.64. The average molecular weight is 387 g/mol. The Morgan fingerprint density at radius 2 is 2.00 bits per heavy atom. The Morgan fingerprint density at radius 1 is 1.15 bits per heavy atom. The van der Waals surface area contributed by atoms with Gasteiger partial charge in [-0.1, -0.05) is 17.7 Å². The minimum atomic E-state index is -0.645. The molecule has 0 bridgehead atoms. The molecule has 1 aliphatic rings. The predicted molar refractivity (Wildman–Crippen MR) is 99.6 cm³/mol. The zero-order valence-corrected chi connectivity index (χ0v) is 14.7. The third-order valence-corrected chi connectivity index (χ3v) is 3.86. The van der Waals surface area contributed by atoms with E-state index in [2.05, 4.69) is 25.7 Å². The number of amidine groups is 1. The lowest BCUT2D eigenvalue weighted by Crippen LogP contribution is -2.41. The normalized spacial score (nSPS) is 12.9. The maximum Gasteiger partial charge on any atom is 0.327 e. The van der Waals surface area contributed by atoms with Gasteiger partial charge in [-0.05, 0) is 36.4 Å². The van der Waals surface area contributed by atoms with Crippen molar-refractivity contribution in [2.45, 2.75) is 0 Å². The largest absolute Gasteiger partial charge is 0.401 e. The molecule has 0 unspecified atom stereocenters. The van der Waals surface area contributed by atoms with Crippen LogP contribution in [0.4, 0.5) is 20.7 Å². The number of anilines is 2. The predicted octanol–water partition coefficient (Wildman–Crippen LogP) is 3.34. The van der Waals surface area contributed by atoms with E-state index < -0.39 is 11.8 Å². The van der Waals surface area contributed by atoms with E-state index in [1.54, 1.807) is 31.3 Å². The number of nitrogens with zero attached hydrogens (tertiary/aromatic N) is 4. The number of carbonyl (C=O) groups excluding carboxylic acids is 1. The van der Waals surface area contributed by atoms with Gasteiger partial charge in [0.1, 0.15) is 5.82 Å². The molecule has 0 atom stereocenters. The summed E-state index contributed by atoms with van der Waals surface area (Å²) in [5.74, 6) is 0.0952. The molecule has 2 aromatic carbocycles. The number of benzene rings is 2. The maximum atomic E-state index is 13.2. The topological polar surface area (TPSA) is 91.7 Å². The molecular weight excluding hydrogens is 375 g/mol. The van der Waals surface area contributed by atoms with Crippen molar-refractivity contribution in [1.82, 2.24) is 15.3 Å². The summed E-state index contributed by atoms with van der Waals surface area (Å²) < 4.78 is 18.7. The first-order valence-electron chi connectivity index (χ1n) is 7.79. The molecule has 10 heteroatoms. The van der Waals surface area contributed by atoms with Crippen LogP contribution >= 0.6 is 11.6 Å². The summed E-state index contributed by atoms with van der Waals surface area (Å²) in [6.07, 6.45) is 0. The number of amides is 2. The van der Waals surface area contributed by atoms with Crippen LogP contribution in [0.5, 0.6) is 5.88 Å². The Balaban J connectivity index is 1.54. The van der Waals surface area contributed by atoms with Crippen molar-refractivity contribution < 1.29 is 13.9 Å². The van der Waals surface area contributed by atoms with E-state index in [0.29, 0.717) is 21.9 Å². The van der Waals surface area contributed by atoms with Crippen LogP contribution in [0.2, 0.25) is 5.02 Å². The number of ether oxygens (including phenoxy) is 1. The van der Waals surface area contributed by atoms with Gasteiger partial charge in [-0.3, -0.25) is 5.32 Å². The molecule has 1 aromatic heterocycles. The number of hydrogen-bond acceptors (Lipinski definition) is 6. The van der Waals surface area contributed by atoms with Crippen LogP contribution in [-0.2, 0) is 0 Å². The summed E-state index contributed by atoms with van der Waals surface area (Å²) in [5, 5.41) is 11.0. The molecular formula is C17H12ClFN6O2. The monoisotopic (exact) mass is 386 g/mol. The van der Waals surface area contributed by atoms with E-state index in [0.717, 1.165) is 0 Å². The van der Waals surface area contributed by atoms with Gasteiger partial charge in [-0.25, -0.2) is 24.2 Å². The summed E-state index contributed by atoms with van der Waals surface area (Å²) in [6, 6.07) is 9.85. The van der Waals surface area contributed by atoms with Crippen molar-refractivity contribution in [2.75, 3.05) is 17.4 Å². The number of nitrogens with one attached hydrogen (secondary N) is 2. The lowest BCUT2D eigenvalue weighted by molar-refractivity contribution is 0.254. The fraction of sp³-hybridized carbons (Fsp3) is 0.0588. The lowest BCUT2D eigenvalue weighted by Gasteiger charge is -2.22. The molecule has 1 aliphatic heterocycles. The Hall–Kier alpha value is -3.46. The Bertz CT molecular complexity index is 1090. The molecule has 0 radical (unpaired) electrons. The number of carbonyl (C=O) groups is 1. The summed E-state index contributed by atoms with van der Waals surface area (Å²) in [5.41, 5.74) is 1.46. The molecule has 0 spiro atoms. The number of fused-ring (bicyclic) bond motifs is 2. The first kappa shape index (κ1) is 17.0. The Kier molecular flexibility index (Phi) is 4.21. The van der Waals surface area contributed by atoms with Crippen molar-refractivity contribution in [3.05, 3.63) is 53.3 Å². The molecule has 0 saturated carbocycles.